The van der Waals surface area contributed by atoms with Crippen LogP contribution in [0.25, 0.3) is 0 Å². The zero-order valence-electron chi connectivity index (χ0n) is 9.83. The van der Waals surface area contributed by atoms with E-state index in [-0.39, 0.29) is 11.1 Å². The maximum absolute atomic E-state index is 10.8. The summed E-state index contributed by atoms with van der Waals surface area (Å²) in [6.07, 6.45) is -5.10. The average molecular weight is 312 g/mol. The van der Waals surface area contributed by atoms with Crippen molar-refractivity contribution in [1.29, 1.82) is 0 Å². The minimum absolute atomic E-state index is 0.183. The third-order valence-electron chi connectivity index (χ3n) is 1.77. The predicted octanol–water partition coefficient (Wildman–Crippen LogP) is 1.58. The molecule has 0 aliphatic heterocycles. The van der Waals surface area contributed by atoms with E-state index in [1.165, 1.54) is 24.3 Å². The van der Waals surface area contributed by atoms with Crippen LogP contribution in [-0.2, 0) is 14.6 Å². The fourth-order valence-corrected chi connectivity index (χ4v) is 0.949. The zero-order chi connectivity index (χ0) is 16.6. The Morgan fingerprint density at radius 1 is 0.952 bits per heavy atom. The first-order valence-electron chi connectivity index (χ1n) is 4.75. The lowest BCUT2D eigenvalue weighted by atomic mass is 10.1. The fraction of sp³-hybridized carbons (Fsp3) is 0.100. The van der Waals surface area contributed by atoms with E-state index >= 15 is 0 Å². The molecular weight excluding hydrogens is 305 g/mol. The Balaban J connectivity index is 0.000000433. The van der Waals surface area contributed by atoms with Crippen LogP contribution in [0.3, 0.4) is 0 Å². The number of carbonyl (C=O) groups is 3. The van der Waals surface area contributed by atoms with Crippen LogP contribution in [0.15, 0.2) is 24.3 Å². The van der Waals surface area contributed by atoms with Gasteiger partial charge < -0.3 is 5.11 Å². The third-order valence-corrected chi connectivity index (χ3v) is 1.77. The molecule has 0 saturated heterocycles. The molecule has 0 bridgehead atoms. The molecule has 3 N–H and O–H groups in total. The molecule has 0 atom stereocenters. The summed E-state index contributed by atoms with van der Waals surface area (Å²) in [5.41, 5.74) is -0.390. The molecular formula is C10H7F3O8. The average Bonchev–Trinajstić information content (AvgIpc) is 2.45. The van der Waals surface area contributed by atoms with E-state index in [1.807, 2.05) is 0 Å². The van der Waals surface area contributed by atoms with Crippen LogP contribution in [-0.4, -0.2) is 39.7 Å². The monoisotopic (exact) mass is 312 g/mol. The summed E-state index contributed by atoms with van der Waals surface area (Å²) in [7, 11) is 0. The quantitative estimate of drug-likeness (QED) is 0.554. The van der Waals surface area contributed by atoms with Gasteiger partial charge in [0.15, 0.2) is 0 Å². The molecule has 1 aromatic rings. The number of alkyl halides is 3. The molecule has 8 nitrogen and oxygen atoms in total. The summed E-state index contributed by atoms with van der Waals surface area (Å²) in [4.78, 5) is 36.4. The van der Waals surface area contributed by atoms with Gasteiger partial charge in [-0.2, -0.15) is 23.7 Å². The van der Waals surface area contributed by atoms with Crippen molar-refractivity contribution in [3.8, 4) is 0 Å². The van der Waals surface area contributed by atoms with E-state index in [2.05, 4.69) is 9.78 Å². The Bertz CT molecular complexity index is 525. The Morgan fingerprint density at radius 3 is 1.71 bits per heavy atom. The summed E-state index contributed by atoms with van der Waals surface area (Å²) >= 11 is 0. The highest BCUT2D eigenvalue weighted by Crippen LogP contribution is 2.15. The normalized spacial score (nSPS) is 9.95. The van der Waals surface area contributed by atoms with Crippen LogP contribution in [0, 0.1) is 0 Å². The number of benzene rings is 1. The molecule has 1 aromatic carbocycles. The van der Waals surface area contributed by atoms with Gasteiger partial charge in [-0.3, -0.25) is 9.78 Å². The molecule has 0 aliphatic rings. The lowest BCUT2D eigenvalue weighted by Gasteiger charge is -2.00. The van der Waals surface area contributed by atoms with Gasteiger partial charge in [-0.25, -0.2) is 14.4 Å². The Morgan fingerprint density at radius 2 is 1.43 bits per heavy atom. The number of carboxylic acids is 1. The van der Waals surface area contributed by atoms with Gasteiger partial charge in [0.2, 0.25) is 0 Å². The van der Waals surface area contributed by atoms with E-state index in [1.54, 1.807) is 0 Å². The Labute approximate surface area is 113 Å². The summed E-state index contributed by atoms with van der Waals surface area (Å²) in [5.74, 6) is -4.95. The van der Waals surface area contributed by atoms with Crippen molar-refractivity contribution in [2.24, 2.45) is 0 Å². The van der Waals surface area contributed by atoms with Crippen molar-refractivity contribution in [1.82, 2.24) is 0 Å². The molecule has 0 amide bonds. The fourth-order valence-electron chi connectivity index (χ4n) is 0.949. The van der Waals surface area contributed by atoms with Crippen LogP contribution < -0.4 is 0 Å². The highest BCUT2D eigenvalue weighted by atomic mass is 19.4. The van der Waals surface area contributed by atoms with Gasteiger partial charge in [0.25, 0.3) is 0 Å². The number of carbonyl (C=O) groups excluding carboxylic acids is 2. The van der Waals surface area contributed by atoms with E-state index in [4.69, 9.17) is 15.6 Å². The minimum Gasteiger partial charge on any atom is -0.478 e. The van der Waals surface area contributed by atoms with Crippen LogP contribution in [0.1, 0.15) is 20.7 Å². The summed E-state index contributed by atoms with van der Waals surface area (Å²) in [6, 6.07) is 5.44. The number of halogens is 3. The van der Waals surface area contributed by atoms with Crippen molar-refractivity contribution in [3.05, 3.63) is 35.4 Å². The van der Waals surface area contributed by atoms with Gasteiger partial charge in [-0.05, 0) is 12.1 Å². The molecule has 0 aliphatic carbocycles. The maximum atomic E-state index is 10.8. The van der Waals surface area contributed by atoms with Crippen LogP contribution in [0.2, 0.25) is 0 Å². The second-order valence-electron chi connectivity index (χ2n) is 3.11. The van der Waals surface area contributed by atoms with Gasteiger partial charge >= 0.3 is 24.1 Å². The molecule has 0 saturated carbocycles. The summed E-state index contributed by atoms with van der Waals surface area (Å²) in [6.45, 7) is 0. The summed E-state index contributed by atoms with van der Waals surface area (Å²) in [5, 5.41) is 23.8. The van der Waals surface area contributed by atoms with Crippen LogP contribution in [0.5, 0.6) is 0 Å². The number of rotatable bonds is 2. The van der Waals surface area contributed by atoms with E-state index < -0.39 is 24.1 Å². The van der Waals surface area contributed by atoms with E-state index in [9.17, 15) is 27.6 Å². The summed E-state index contributed by atoms with van der Waals surface area (Å²) < 4.78 is 32.4. The second kappa shape index (κ2) is 7.81. The van der Waals surface area contributed by atoms with Gasteiger partial charge in [-0.15, -0.1) is 0 Å². The van der Waals surface area contributed by atoms with Gasteiger partial charge in [0, 0.05) is 0 Å². The van der Waals surface area contributed by atoms with Crippen LogP contribution in [0.4, 0.5) is 13.2 Å². The third kappa shape index (κ3) is 5.88. The molecule has 21 heavy (non-hydrogen) atoms. The predicted molar refractivity (Wildman–Crippen MR) is 56.2 cm³/mol. The van der Waals surface area contributed by atoms with Crippen LogP contribution >= 0.6 is 0 Å². The number of hydrogen-bond acceptors (Lipinski definition) is 7. The molecule has 0 unspecified atom stereocenters. The van der Waals surface area contributed by atoms with Gasteiger partial charge in [0.1, 0.15) is 0 Å². The first kappa shape index (κ1) is 18.3. The van der Waals surface area contributed by atoms with Crippen molar-refractivity contribution >= 4 is 17.9 Å². The standard InChI is InChI=1S/C8H6O5.C2HF3O3/c9-7(10)5-3-1-2-4-6(5)8(11)13-12;3-2(4,5)1(6)8-7/h1-4,12H,(H,9,10);7H. The molecule has 11 heteroatoms. The number of hydrogen-bond donors (Lipinski definition) is 3. The molecule has 0 fully saturated rings. The highest BCUT2D eigenvalue weighted by Gasteiger charge is 2.41. The van der Waals surface area contributed by atoms with Crippen molar-refractivity contribution < 1.29 is 53.0 Å². The smallest absolute Gasteiger partial charge is 0.478 e. The maximum Gasteiger partial charge on any atom is 0.494 e. The number of carboxylic acid groups (broad SMARTS) is 1. The lowest BCUT2D eigenvalue weighted by molar-refractivity contribution is -0.272. The number of aromatic carboxylic acids is 1. The van der Waals surface area contributed by atoms with Gasteiger partial charge in [0.05, 0.1) is 11.1 Å². The Kier molecular flexibility index (Phi) is 6.82. The first-order chi connectivity index (χ1) is 9.65. The largest absolute Gasteiger partial charge is 0.494 e. The SMILES string of the molecule is O=C(O)c1ccccc1C(=O)OO.O=C(OO)C(F)(F)F. The first-order valence-corrected chi connectivity index (χ1v) is 4.75. The molecule has 0 heterocycles. The molecule has 0 radical (unpaired) electrons. The minimum atomic E-state index is -5.10. The van der Waals surface area contributed by atoms with Gasteiger partial charge in [-0.1, -0.05) is 12.1 Å². The lowest BCUT2D eigenvalue weighted by Crippen LogP contribution is -2.23. The Hall–Kier alpha value is -2.66. The molecule has 116 valence electrons. The highest BCUT2D eigenvalue weighted by molar-refractivity contribution is 6.02. The molecule has 0 aromatic heterocycles. The molecule has 1 rings (SSSR count). The van der Waals surface area contributed by atoms with E-state index in [0.29, 0.717) is 0 Å². The zero-order valence-corrected chi connectivity index (χ0v) is 9.83. The van der Waals surface area contributed by atoms with Crippen molar-refractivity contribution in [3.63, 3.8) is 0 Å². The second-order valence-corrected chi connectivity index (χ2v) is 3.11. The van der Waals surface area contributed by atoms with Crippen molar-refractivity contribution in [2.75, 3.05) is 0 Å². The molecule has 0 spiro atoms. The van der Waals surface area contributed by atoms with E-state index in [0.717, 1.165) is 0 Å². The topological polar surface area (TPSA) is 130 Å². The van der Waals surface area contributed by atoms with Crippen molar-refractivity contribution in [2.45, 2.75) is 6.18 Å².